The number of nitrogens with one attached hydrogen (secondary N) is 2. The van der Waals surface area contributed by atoms with Gasteiger partial charge in [0.25, 0.3) is 0 Å². The first-order valence-corrected chi connectivity index (χ1v) is 4.73. The van der Waals surface area contributed by atoms with Crippen LogP contribution in [-0.2, 0) is 9.59 Å². The van der Waals surface area contributed by atoms with Crippen LogP contribution in [0.5, 0.6) is 0 Å². The highest BCUT2D eigenvalue weighted by Gasteiger charge is 2.15. The molecule has 15 heavy (non-hydrogen) atoms. The quantitative estimate of drug-likeness (QED) is 0.285. The Hall–Kier alpha value is -1.18. The van der Waals surface area contributed by atoms with Gasteiger partial charge in [-0.3, -0.25) is 9.59 Å². The Morgan fingerprint density at radius 1 is 1.27 bits per heavy atom. The molecule has 0 aliphatic carbocycles. The molecule has 0 rings (SSSR count). The van der Waals surface area contributed by atoms with Gasteiger partial charge in [-0.05, 0) is 0 Å². The van der Waals surface area contributed by atoms with Crippen molar-refractivity contribution in [3.05, 3.63) is 0 Å². The van der Waals surface area contributed by atoms with E-state index in [0.717, 1.165) is 0 Å². The average Bonchev–Trinajstić information content (AvgIpc) is 2.16. The molecule has 0 bridgehead atoms. The summed E-state index contributed by atoms with van der Waals surface area (Å²) in [5, 5.41) is 13.9. The normalized spacial score (nSPS) is 12.1. The summed E-state index contributed by atoms with van der Waals surface area (Å²) in [5.41, 5.74) is 10.6. The smallest absolute Gasteiger partial charge is 0.305 e. The zero-order valence-corrected chi connectivity index (χ0v) is 8.53. The highest BCUT2D eigenvalue weighted by molar-refractivity contribution is 5.85. The second-order valence-electron chi connectivity index (χ2n) is 3.03. The van der Waals surface area contributed by atoms with E-state index in [0.29, 0.717) is 26.2 Å². The van der Waals surface area contributed by atoms with Crippen molar-refractivity contribution >= 4 is 11.9 Å². The first kappa shape index (κ1) is 13.8. The maximum Gasteiger partial charge on any atom is 0.305 e. The fourth-order valence-electron chi connectivity index (χ4n) is 0.913. The first-order chi connectivity index (χ1) is 7.07. The van der Waals surface area contributed by atoms with E-state index in [9.17, 15) is 9.59 Å². The van der Waals surface area contributed by atoms with E-state index in [1.165, 1.54) is 0 Å². The second kappa shape index (κ2) is 8.16. The van der Waals surface area contributed by atoms with Gasteiger partial charge in [0.05, 0.1) is 12.5 Å². The molecule has 0 saturated heterocycles. The molecule has 7 N–H and O–H groups in total. The Kier molecular flexibility index (Phi) is 7.51. The number of hydrogen-bond acceptors (Lipinski definition) is 5. The molecule has 0 aliphatic heterocycles. The van der Waals surface area contributed by atoms with Crippen molar-refractivity contribution in [2.75, 3.05) is 26.2 Å². The Morgan fingerprint density at radius 3 is 2.47 bits per heavy atom. The van der Waals surface area contributed by atoms with Crippen LogP contribution in [0.2, 0.25) is 0 Å². The minimum absolute atomic E-state index is 0.359. The minimum atomic E-state index is -1.08. The molecule has 0 aromatic carbocycles. The van der Waals surface area contributed by atoms with Gasteiger partial charge < -0.3 is 27.2 Å². The number of amides is 1. The lowest BCUT2D eigenvalue weighted by molar-refractivity contribution is -0.139. The summed E-state index contributed by atoms with van der Waals surface area (Å²) >= 11 is 0. The molecule has 0 fully saturated rings. The van der Waals surface area contributed by atoms with E-state index in [4.69, 9.17) is 16.6 Å². The molecule has 1 atom stereocenters. The van der Waals surface area contributed by atoms with Gasteiger partial charge in [-0.15, -0.1) is 0 Å². The Balaban J connectivity index is 3.51. The van der Waals surface area contributed by atoms with Gasteiger partial charge in [0.15, 0.2) is 0 Å². The molecule has 0 aromatic heterocycles. The fourth-order valence-corrected chi connectivity index (χ4v) is 0.913. The van der Waals surface area contributed by atoms with Crippen molar-refractivity contribution in [1.29, 1.82) is 0 Å². The number of carbonyl (C=O) groups excluding carboxylic acids is 1. The second-order valence-corrected chi connectivity index (χ2v) is 3.03. The standard InChI is InChI=1S/C8H18N4O3/c9-1-2-11-3-4-12-8(15)6(10)5-7(13)14/h6,11H,1-5,9-10H2,(H,12,15)(H,13,14). The predicted octanol–water partition coefficient (Wildman–Crippen LogP) is -2.55. The number of carboxylic acid groups (broad SMARTS) is 1. The largest absolute Gasteiger partial charge is 0.481 e. The summed E-state index contributed by atoms with van der Waals surface area (Å²) in [7, 11) is 0. The van der Waals surface area contributed by atoms with Crippen molar-refractivity contribution in [3.8, 4) is 0 Å². The zero-order chi connectivity index (χ0) is 11.7. The molecule has 0 saturated carbocycles. The molecular formula is C8H18N4O3. The number of nitrogens with two attached hydrogens (primary N) is 2. The number of rotatable bonds is 8. The van der Waals surface area contributed by atoms with E-state index in [-0.39, 0.29) is 6.42 Å². The van der Waals surface area contributed by atoms with Gasteiger partial charge in [0.1, 0.15) is 0 Å². The van der Waals surface area contributed by atoms with Crippen molar-refractivity contribution in [1.82, 2.24) is 10.6 Å². The number of carbonyl (C=O) groups is 2. The average molecular weight is 218 g/mol. The maximum absolute atomic E-state index is 11.2. The van der Waals surface area contributed by atoms with Gasteiger partial charge >= 0.3 is 5.97 Å². The van der Waals surface area contributed by atoms with Crippen molar-refractivity contribution < 1.29 is 14.7 Å². The third kappa shape index (κ3) is 7.86. The Morgan fingerprint density at radius 2 is 1.93 bits per heavy atom. The van der Waals surface area contributed by atoms with Gasteiger partial charge in [-0.25, -0.2) is 0 Å². The van der Waals surface area contributed by atoms with Gasteiger partial charge in [0.2, 0.25) is 5.91 Å². The van der Waals surface area contributed by atoms with Crippen LogP contribution in [0, 0.1) is 0 Å². The molecule has 7 heteroatoms. The molecule has 0 spiro atoms. The topological polar surface area (TPSA) is 130 Å². The highest BCUT2D eigenvalue weighted by atomic mass is 16.4. The van der Waals surface area contributed by atoms with Gasteiger partial charge in [-0.2, -0.15) is 0 Å². The summed E-state index contributed by atoms with van der Waals surface area (Å²) in [6, 6.07) is -0.989. The third-order valence-electron chi connectivity index (χ3n) is 1.65. The SMILES string of the molecule is NCCNCCNC(=O)C(N)CC(=O)O. The van der Waals surface area contributed by atoms with Crippen LogP contribution in [0.15, 0.2) is 0 Å². The van der Waals surface area contributed by atoms with E-state index >= 15 is 0 Å². The van der Waals surface area contributed by atoms with Crippen LogP contribution >= 0.6 is 0 Å². The van der Waals surface area contributed by atoms with Crippen molar-refractivity contribution in [3.63, 3.8) is 0 Å². The maximum atomic E-state index is 11.2. The molecule has 7 nitrogen and oxygen atoms in total. The Bertz CT molecular complexity index is 210. The molecule has 0 radical (unpaired) electrons. The number of hydrogen-bond donors (Lipinski definition) is 5. The lowest BCUT2D eigenvalue weighted by Crippen LogP contribution is -2.44. The minimum Gasteiger partial charge on any atom is -0.481 e. The predicted molar refractivity (Wildman–Crippen MR) is 55.2 cm³/mol. The van der Waals surface area contributed by atoms with E-state index in [1.807, 2.05) is 0 Å². The molecule has 1 amide bonds. The molecule has 88 valence electrons. The van der Waals surface area contributed by atoms with Crippen LogP contribution in [0.4, 0.5) is 0 Å². The molecule has 1 unspecified atom stereocenters. The van der Waals surface area contributed by atoms with Crippen molar-refractivity contribution in [2.45, 2.75) is 12.5 Å². The van der Waals surface area contributed by atoms with Gasteiger partial charge in [-0.1, -0.05) is 0 Å². The first-order valence-electron chi connectivity index (χ1n) is 4.73. The van der Waals surface area contributed by atoms with Crippen LogP contribution in [-0.4, -0.2) is 49.2 Å². The fraction of sp³-hybridized carbons (Fsp3) is 0.750. The highest BCUT2D eigenvalue weighted by Crippen LogP contribution is 1.87. The molecule has 0 heterocycles. The molecule has 0 aromatic rings. The summed E-state index contributed by atoms with van der Waals surface area (Å²) in [5.74, 6) is -1.54. The van der Waals surface area contributed by atoms with Crippen LogP contribution in [0.3, 0.4) is 0 Å². The summed E-state index contributed by atoms with van der Waals surface area (Å²) in [4.78, 5) is 21.4. The summed E-state index contributed by atoms with van der Waals surface area (Å²) < 4.78 is 0. The van der Waals surface area contributed by atoms with Crippen LogP contribution in [0.1, 0.15) is 6.42 Å². The van der Waals surface area contributed by atoms with Crippen molar-refractivity contribution in [2.24, 2.45) is 11.5 Å². The molecular weight excluding hydrogens is 200 g/mol. The lowest BCUT2D eigenvalue weighted by atomic mass is 10.2. The monoisotopic (exact) mass is 218 g/mol. The Labute approximate surface area is 88.2 Å². The number of carboxylic acids is 1. The molecule has 0 aliphatic rings. The lowest BCUT2D eigenvalue weighted by Gasteiger charge is -2.10. The van der Waals surface area contributed by atoms with E-state index in [1.54, 1.807) is 0 Å². The van der Waals surface area contributed by atoms with E-state index in [2.05, 4.69) is 10.6 Å². The van der Waals surface area contributed by atoms with Gasteiger partial charge in [0, 0.05) is 26.2 Å². The zero-order valence-electron chi connectivity index (χ0n) is 8.53. The number of aliphatic carboxylic acids is 1. The summed E-state index contributed by atoms with van der Waals surface area (Å²) in [6.45, 7) is 2.21. The summed E-state index contributed by atoms with van der Waals surface area (Å²) in [6.07, 6.45) is -0.359. The van der Waals surface area contributed by atoms with Crippen LogP contribution in [0.25, 0.3) is 0 Å². The van der Waals surface area contributed by atoms with E-state index < -0.39 is 17.9 Å². The van der Waals surface area contributed by atoms with Crippen LogP contribution < -0.4 is 22.1 Å². The third-order valence-corrected chi connectivity index (χ3v) is 1.65.